The topological polar surface area (TPSA) is 77.6 Å². The molecule has 0 saturated carbocycles. The number of benzene rings is 2. The normalized spacial score (nSPS) is 11.2. The van der Waals surface area contributed by atoms with Gasteiger partial charge in [0.1, 0.15) is 6.54 Å². The van der Waals surface area contributed by atoms with Gasteiger partial charge in [0.05, 0.1) is 17.1 Å². The molecule has 176 valence electrons. The number of aryl methyl sites for hydroxylation is 3. The van der Waals surface area contributed by atoms with E-state index in [0.717, 1.165) is 44.8 Å². The van der Waals surface area contributed by atoms with Gasteiger partial charge in [-0.3, -0.25) is 4.79 Å². The molecule has 5 rings (SSSR count). The molecular weight excluding hydrogens is 436 g/mol. The second-order valence-electron chi connectivity index (χ2n) is 8.84. The predicted molar refractivity (Wildman–Crippen MR) is 137 cm³/mol. The summed E-state index contributed by atoms with van der Waals surface area (Å²) in [6.07, 6.45) is 1.78. The van der Waals surface area contributed by atoms with E-state index in [4.69, 9.17) is 0 Å². The van der Waals surface area contributed by atoms with E-state index in [-0.39, 0.29) is 12.5 Å². The molecule has 0 saturated heterocycles. The summed E-state index contributed by atoms with van der Waals surface area (Å²) in [7, 11) is 0. The van der Waals surface area contributed by atoms with Crippen LogP contribution in [0.4, 0.5) is 0 Å². The Kier molecular flexibility index (Phi) is 5.91. The van der Waals surface area contributed by atoms with Crippen LogP contribution in [-0.4, -0.2) is 30.5 Å². The zero-order valence-electron chi connectivity index (χ0n) is 20.4. The van der Waals surface area contributed by atoms with E-state index in [0.29, 0.717) is 12.2 Å². The van der Waals surface area contributed by atoms with Crippen molar-refractivity contribution in [1.82, 2.24) is 29.9 Å². The molecule has 0 aliphatic carbocycles. The third-order valence-electron chi connectivity index (χ3n) is 6.37. The number of rotatable bonds is 6. The number of nitrogens with zero attached hydrogens (tertiary/aromatic N) is 5. The average Bonchev–Trinajstić information content (AvgIpc) is 3.33. The third-order valence-corrected chi connectivity index (χ3v) is 6.37. The molecule has 0 atom stereocenters. The van der Waals surface area contributed by atoms with Crippen LogP contribution >= 0.6 is 0 Å². The fraction of sp³-hybridized carbons (Fsp3) is 0.214. The highest BCUT2D eigenvalue weighted by molar-refractivity contribution is 5.95. The lowest BCUT2D eigenvalue weighted by Gasteiger charge is -2.08. The molecule has 35 heavy (non-hydrogen) atoms. The lowest BCUT2D eigenvalue weighted by atomic mass is 10.0. The van der Waals surface area contributed by atoms with Crippen molar-refractivity contribution in [2.75, 3.05) is 0 Å². The summed E-state index contributed by atoms with van der Waals surface area (Å²) in [5.41, 5.74) is 8.88. The largest absolute Gasteiger partial charge is 0.350 e. The molecule has 1 N–H and O–H groups in total. The van der Waals surface area contributed by atoms with Crippen molar-refractivity contribution in [2.45, 2.75) is 40.8 Å². The van der Waals surface area contributed by atoms with Gasteiger partial charge in [0.15, 0.2) is 5.65 Å². The minimum Gasteiger partial charge on any atom is -0.350 e. The molecule has 3 aromatic heterocycles. The highest BCUT2D eigenvalue weighted by Crippen LogP contribution is 2.30. The van der Waals surface area contributed by atoms with E-state index in [9.17, 15) is 4.79 Å². The standard InChI is InChI=1S/C28H28N6O/c1-18-10-12-22(13-11-18)24-14-15-29-28-27(24)20(3)31-33(28)17-26(35)30-16-25-19(2)32-34(21(25)4)23-8-6-5-7-9-23/h5-15H,16-17H2,1-4H3,(H,30,35). The summed E-state index contributed by atoms with van der Waals surface area (Å²) in [6.45, 7) is 8.53. The van der Waals surface area contributed by atoms with Gasteiger partial charge in [0, 0.05) is 29.4 Å². The summed E-state index contributed by atoms with van der Waals surface area (Å²) in [5, 5.41) is 13.3. The maximum absolute atomic E-state index is 12.9. The smallest absolute Gasteiger partial charge is 0.242 e. The van der Waals surface area contributed by atoms with Crippen LogP contribution < -0.4 is 5.32 Å². The van der Waals surface area contributed by atoms with E-state index >= 15 is 0 Å². The first-order valence-corrected chi connectivity index (χ1v) is 11.7. The summed E-state index contributed by atoms with van der Waals surface area (Å²) >= 11 is 0. The average molecular weight is 465 g/mol. The van der Waals surface area contributed by atoms with Gasteiger partial charge >= 0.3 is 0 Å². The number of fused-ring (bicyclic) bond motifs is 1. The molecule has 0 aliphatic rings. The summed E-state index contributed by atoms with van der Waals surface area (Å²) in [5.74, 6) is -0.122. The zero-order valence-corrected chi connectivity index (χ0v) is 20.4. The fourth-order valence-corrected chi connectivity index (χ4v) is 4.50. The second kappa shape index (κ2) is 9.18. The number of hydrogen-bond acceptors (Lipinski definition) is 4. The second-order valence-corrected chi connectivity index (χ2v) is 8.84. The predicted octanol–water partition coefficient (Wildman–Crippen LogP) is 4.83. The van der Waals surface area contributed by atoms with Crippen LogP contribution in [0, 0.1) is 27.7 Å². The van der Waals surface area contributed by atoms with E-state index in [1.54, 1.807) is 10.9 Å². The van der Waals surface area contributed by atoms with Crippen molar-refractivity contribution < 1.29 is 4.79 Å². The van der Waals surface area contributed by atoms with E-state index in [2.05, 4.69) is 51.7 Å². The Balaban J connectivity index is 1.35. The lowest BCUT2D eigenvalue weighted by molar-refractivity contribution is -0.121. The number of carbonyl (C=O) groups is 1. The van der Waals surface area contributed by atoms with E-state index in [1.807, 2.05) is 61.9 Å². The van der Waals surface area contributed by atoms with Crippen LogP contribution in [0.25, 0.3) is 27.8 Å². The summed E-state index contributed by atoms with van der Waals surface area (Å²) < 4.78 is 3.60. The van der Waals surface area contributed by atoms with Crippen LogP contribution in [0.2, 0.25) is 0 Å². The minimum atomic E-state index is -0.122. The van der Waals surface area contributed by atoms with Gasteiger partial charge < -0.3 is 5.32 Å². The first-order chi connectivity index (χ1) is 16.9. The van der Waals surface area contributed by atoms with Gasteiger partial charge in [0.25, 0.3) is 0 Å². The van der Waals surface area contributed by atoms with Crippen molar-refractivity contribution in [3.05, 3.63) is 95.1 Å². The van der Waals surface area contributed by atoms with Gasteiger partial charge in [-0.15, -0.1) is 0 Å². The Bertz CT molecular complexity index is 1510. The molecule has 3 heterocycles. The Labute approximate surface area is 204 Å². The zero-order chi connectivity index (χ0) is 24.5. The first kappa shape index (κ1) is 22.5. The van der Waals surface area contributed by atoms with Gasteiger partial charge in [-0.2, -0.15) is 10.2 Å². The van der Waals surface area contributed by atoms with Crippen molar-refractivity contribution in [2.24, 2.45) is 0 Å². The van der Waals surface area contributed by atoms with Gasteiger partial charge in [0.2, 0.25) is 5.91 Å². The number of hydrogen-bond donors (Lipinski definition) is 1. The molecule has 0 aliphatic heterocycles. The van der Waals surface area contributed by atoms with Crippen molar-refractivity contribution in [1.29, 1.82) is 0 Å². The number of aromatic nitrogens is 5. The molecule has 0 fully saturated rings. The maximum Gasteiger partial charge on any atom is 0.242 e. The van der Waals surface area contributed by atoms with E-state index < -0.39 is 0 Å². The minimum absolute atomic E-state index is 0.0968. The Morgan fingerprint density at radius 3 is 2.37 bits per heavy atom. The SMILES string of the molecule is Cc1ccc(-c2ccnc3c2c(C)nn3CC(=O)NCc2c(C)nn(-c3ccccc3)c2C)cc1. The molecule has 1 amide bonds. The van der Waals surface area contributed by atoms with Crippen molar-refractivity contribution >= 4 is 16.9 Å². The first-order valence-electron chi connectivity index (χ1n) is 11.7. The Morgan fingerprint density at radius 1 is 0.886 bits per heavy atom. The van der Waals surface area contributed by atoms with Crippen LogP contribution in [-0.2, 0) is 17.9 Å². The molecule has 0 radical (unpaired) electrons. The number of pyridine rings is 1. The highest BCUT2D eigenvalue weighted by atomic mass is 16.2. The van der Waals surface area contributed by atoms with Gasteiger partial charge in [-0.25, -0.2) is 14.3 Å². The highest BCUT2D eigenvalue weighted by Gasteiger charge is 2.17. The van der Waals surface area contributed by atoms with Crippen molar-refractivity contribution in [3.8, 4) is 16.8 Å². The van der Waals surface area contributed by atoms with Crippen LogP contribution in [0.5, 0.6) is 0 Å². The molecule has 2 aromatic carbocycles. The fourth-order valence-electron chi connectivity index (χ4n) is 4.50. The van der Waals surface area contributed by atoms with Crippen LogP contribution in [0.15, 0.2) is 66.9 Å². The number of carbonyl (C=O) groups excluding carboxylic acids is 1. The molecular formula is C28H28N6O. The molecule has 0 unspecified atom stereocenters. The Morgan fingerprint density at radius 2 is 1.63 bits per heavy atom. The third kappa shape index (κ3) is 4.33. The maximum atomic E-state index is 12.9. The summed E-state index contributed by atoms with van der Waals surface area (Å²) in [6, 6.07) is 20.4. The number of nitrogens with one attached hydrogen (secondary N) is 1. The summed E-state index contributed by atoms with van der Waals surface area (Å²) in [4.78, 5) is 17.5. The monoisotopic (exact) mass is 464 g/mol. The lowest BCUT2D eigenvalue weighted by Crippen LogP contribution is -2.28. The molecule has 5 aromatic rings. The molecule has 7 heteroatoms. The quantitative estimate of drug-likeness (QED) is 0.390. The number of para-hydroxylation sites is 1. The Hall–Kier alpha value is -4.26. The van der Waals surface area contributed by atoms with E-state index in [1.165, 1.54) is 5.56 Å². The molecule has 7 nitrogen and oxygen atoms in total. The van der Waals surface area contributed by atoms with Crippen molar-refractivity contribution in [3.63, 3.8) is 0 Å². The van der Waals surface area contributed by atoms with Crippen LogP contribution in [0.3, 0.4) is 0 Å². The number of amides is 1. The molecule has 0 spiro atoms. The van der Waals surface area contributed by atoms with Gasteiger partial charge in [-0.1, -0.05) is 48.0 Å². The van der Waals surface area contributed by atoms with Gasteiger partial charge in [-0.05, 0) is 57.0 Å². The molecule has 0 bridgehead atoms. The van der Waals surface area contributed by atoms with Crippen LogP contribution in [0.1, 0.15) is 28.2 Å².